The zero-order chi connectivity index (χ0) is 53.5. The predicted octanol–water partition coefficient (Wildman–Crippen LogP) is -1.33. The van der Waals surface area contributed by atoms with Gasteiger partial charge in [0.1, 0.15) is 85.5 Å². The van der Waals surface area contributed by atoms with Crippen molar-refractivity contribution in [3.8, 4) is 0 Å². The first kappa shape index (κ1) is 57.5. The summed E-state index contributed by atoms with van der Waals surface area (Å²) in [5, 5.41) is 127. The van der Waals surface area contributed by atoms with Gasteiger partial charge in [0.05, 0.1) is 44.2 Å². The van der Waals surface area contributed by atoms with Gasteiger partial charge in [-0.2, -0.15) is 0 Å². The third kappa shape index (κ3) is 10.1. The quantitative estimate of drug-likeness (QED) is 0.0846. The van der Waals surface area contributed by atoms with Crippen LogP contribution >= 0.6 is 0 Å². The molecule has 9 aliphatic rings. The van der Waals surface area contributed by atoms with E-state index < -0.39 is 148 Å². The highest BCUT2D eigenvalue weighted by molar-refractivity contribution is 5.27. The minimum atomic E-state index is -1.75. The Kier molecular flexibility index (Phi) is 17.4. The monoisotopic (exact) mass is 1060 g/mol. The summed E-state index contributed by atoms with van der Waals surface area (Å²) in [7, 11) is 1.77. The molecule has 3 unspecified atom stereocenters. The van der Waals surface area contributed by atoms with E-state index in [4.69, 9.17) is 47.4 Å². The van der Waals surface area contributed by atoms with Crippen LogP contribution in [0.1, 0.15) is 99.3 Å². The van der Waals surface area contributed by atoms with Crippen LogP contribution < -0.4 is 0 Å². The maximum Gasteiger partial charge on any atom is 0.187 e. The number of allylic oxidation sites excluding steroid dienone is 1. The molecule has 0 bridgehead atoms. The SMILES string of the molecule is COC12C[C@H]3[C@@H]4CC=C5C[C@@H](O[C@@H]6O[C@H](CO)[C@@H](O[C@@H]7O[C@@H](C)[C@H](O)[C@@H](O)[C@H]7O)[C@H](O)[C@H]6O[C@@H]6O[C@@H](C)[C@H](O)[C@@H](O)[C@H]6O)CC[C@]5(C)[C@H]4CC[C@]3(C)[C@H]1[C@H](C)C(CCC(C)CO[C@@H]1O[C@H](CO)[C@@H](O)[C@H](O)[C@H]1O)O2. The van der Waals surface area contributed by atoms with E-state index in [-0.39, 0.29) is 41.3 Å². The van der Waals surface area contributed by atoms with Gasteiger partial charge in [0, 0.05) is 19.4 Å². The molecule has 22 nitrogen and oxygen atoms in total. The van der Waals surface area contributed by atoms with E-state index in [1.54, 1.807) is 7.11 Å². The normalized spacial score (nSPS) is 54.9. The third-order valence-electron chi connectivity index (χ3n) is 19.7. The molecule has 5 saturated heterocycles. The average molecular weight is 1060 g/mol. The van der Waals surface area contributed by atoms with Gasteiger partial charge in [-0.1, -0.05) is 39.3 Å². The van der Waals surface area contributed by atoms with Gasteiger partial charge >= 0.3 is 0 Å². The molecule has 31 atom stereocenters. The maximum atomic E-state index is 12.1. The van der Waals surface area contributed by atoms with Gasteiger partial charge in [0.25, 0.3) is 0 Å². The lowest BCUT2D eigenvalue weighted by Crippen LogP contribution is -2.66. The number of aliphatic hydroxyl groups excluding tert-OH is 12. The summed E-state index contributed by atoms with van der Waals surface area (Å²) in [6.07, 6.45) is -19.5. The van der Waals surface area contributed by atoms with Crippen molar-refractivity contribution in [3.63, 3.8) is 0 Å². The molecule has 74 heavy (non-hydrogen) atoms. The average Bonchev–Trinajstić information content (AvgIpc) is 3.83. The second kappa shape index (κ2) is 22.4. The van der Waals surface area contributed by atoms with Crippen LogP contribution in [0.2, 0.25) is 0 Å². The fourth-order valence-corrected chi connectivity index (χ4v) is 15.3. The lowest BCUT2D eigenvalue weighted by atomic mass is 9.47. The molecule has 12 N–H and O–H groups in total. The second-order valence-electron chi connectivity index (χ2n) is 24.0. The van der Waals surface area contributed by atoms with E-state index in [0.29, 0.717) is 30.6 Å². The second-order valence-corrected chi connectivity index (χ2v) is 24.0. The molecule has 0 amide bonds. The van der Waals surface area contributed by atoms with E-state index in [9.17, 15) is 61.3 Å². The van der Waals surface area contributed by atoms with Crippen molar-refractivity contribution >= 4 is 0 Å². The van der Waals surface area contributed by atoms with E-state index in [1.165, 1.54) is 19.4 Å². The standard InChI is InChI=1S/C52H86O22/c1-21(20-66-46-39(61)38(60)35(57)31(18-53)70-46)8-11-30-22(2)45-51(6)15-13-28-27(29(51)17-52(45,65-7)74-30)10-9-25-16-26(12-14-50(25,28)5)69-49-44(73-48-41(63)37(59)34(56)24(4)68-48)42(64)43(32(19-54)71-49)72-47-40(62)36(58)33(55)23(3)67-47/h9,21-24,26-49,53-64H,8,10-20H2,1-7H3/t21?,22-,23+,24+,26+,27-,28+,29+,30?,31-,32-,33+,34+,35-,36-,37-,38+,39-,40-,41-,42+,43-,44-,45-,46-,47+,48+,49-,50+,51+,52?/m1/s1. The van der Waals surface area contributed by atoms with Crippen molar-refractivity contribution in [2.24, 2.45) is 46.3 Å². The van der Waals surface area contributed by atoms with Crippen molar-refractivity contribution in [1.29, 1.82) is 0 Å². The van der Waals surface area contributed by atoms with Crippen molar-refractivity contribution in [2.45, 2.75) is 240 Å². The van der Waals surface area contributed by atoms with Gasteiger partial charge in [-0.05, 0) is 106 Å². The number of fused-ring (bicyclic) bond motifs is 7. The van der Waals surface area contributed by atoms with E-state index in [0.717, 1.165) is 44.9 Å². The summed E-state index contributed by atoms with van der Waals surface area (Å²) in [4.78, 5) is 0. The van der Waals surface area contributed by atoms with E-state index >= 15 is 0 Å². The lowest BCUT2D eigenvalue weighted by Gasteiger charge is -2.58. The topological polar surface area (TPSA) is 335 Å². The zero-order valence-electron chi connectivity index (χ0n) is 43.7. The van der Waals surface area contributed by atoms with E-state index in [2.05, 4.69) is 26.8 Å². The molecule has 0 aromatic heterocycles. The summed E-state index contributed by atoms with van der Waals surface area (Å²) >= 11 is 0. The maximum absolute atomic E-state index is 12.1. The zero-order valence-corrected chi connectivity index (χ0v) is 43.7. The van der Waals surface area contributed by atoms with Gasteiger partial charge < -0.3 is 109 Å². The molecule has 4 aliphatic carbocycles. The van der Waals surface area contributed by atoms with Crippen molar-refractivity contribution in [3.05, 3.63) is 11.6 Å². The van der Waals surface area contributed by atoms with Gasteiger partial charge in [-0.15, -0.1) is 0 Å². The number of hydrogen-bond donors (Lipinski definition) is 12. The summed E-state index contributed by atoms with van der Waals surface area (Å²) in [5.41, 5.74) is 1.10. The summed E-state index contributed by atoms with van der Waals surface area (Å²) in [5.74, 6) is 0.832. The minimum Gasteiger partial charge on any atom is -0.394 e. The van der Waals surface area contributed by atoms with Crippen LogP contribution in [0, 0.1) is 46.3 Å². The Morgan fingerprint density at radius 2 is 1.23 bits per heavy atom. The Balaban J connectivity index is 0.858. The first-order chi connectivity index (χ1) is 35.0. The highest BCUT2D eigenvalue weighted by atomic mass is 16.8. The Morgan fingerprint density at radius 1 is 0.635 bits per heavy atom. The van der Waals surface area contributed by atoms with E-state index in [1.807, 2.05) is 6.92 Å². The molecule has 22 heteroatoms. The summed E-state index contributed by atoms with van der Waals surface area (Å²) in [6.45, 7) is 11.1. The predicted molar refractivity (Wildman–Crippen MR) is 254 cm³/mol. The van der Waals surface area contributed by atoms with Crippen molar-refractivity contribution < 1.29 is 109 Å². The number of rotatable bonds is 15. The van der Waals surface area contributed by atoms with Crippen molar-refractivity contribution in [1.82, 2.24) is 0 Å². The number of methoxy groups -OCH3 is 1. The third-order valence-corrected chi connectivity index (χ3v) is 19.7. The molecule has 0 radical (unpaired) electrons. The molecule has 5 aliphatic heterocycles. The number of aliphatic hydroxyl groups is 12. The van der Waals surface area contributed by atoms with Gasteiger partial charge in [0.2, 0.25) is 0 Å². The summed E-state index contributed by atoms with van der Waals surface area (Å²) in [6, 6.07) is 0. The number of hydrogen-bond acceptors (Lipinski definition) is 22. The van der Waals surface area contributed by atoms with Crippen LogP contribution in [-0.4, -0.2) is 229 Å². The molecule has 426 valence electrons. The fourth-order valence-electron chi connectivity index (χ4n) is 15.3. The highest BCUT2D eigenvalue weighted by Gasteiger charge is 2.71. The Morgan fingerprint density at radius 3 is 1.85 bits per heavy atom. The smallest absolute Gasteiger partial charge is 0.187 e. The first-order valence-electron chi connectivity index (χ1n) is 27.2. The minimum absolute atomic E-state index is 0.0355. The molecule has 0 spiro atoms. The van der Waals surface area contributed by atoms with Crippen LogP contribution in [0.5, 0.6) is 0 Å². The Labute approximate surface area is 432 Å². The molecule has 0 aromatic rings. The van der Waals surface area contributed by atoms with Crippen LogP contribution in [-0.2, 0) is 47.4 Å². The number of ether oxygens (including phenoxy) is 10. The highest BCUT2D eigenvalue weighted by Crippen LogP contribution is 2.72. The van der Waals surface area contributed by atoms with Crippen LogP contribution in [0.25, 0.3) is 0 Å². The molecule has 9 rings (SSSR count). The summed E-state index contributed by atoms with van der Waals surface area (Å²) < 4.78 is 61.7. The Bertz CT molecular complexity index is 1920. The van der Waals surface area contributed by atoms with Crippen LogP contribution in [0.15, 0.2) is 11.6 Å². The lowest BCUT2D eigenvalue weighted by molar-refractivity contribution is -0.388. The van der Waals surface area contributed by atoms with Crippen LogP contribution in [0.3, 0.4) is 0 Å². The molecule has 5 heterocycles. The van der Waals surface area contributed by atoms with Crippen LogP contribution in [0.4, 0.5) is 0 Å². The van der Waals surface area contributed by atoms with Crippen molar-refractivity contribution in [2.75, 3.05) is 26.9 Å². The molecular weight excluding hydrogens is 977 g/mol. The van der Waals surface area contributed by atoms with Gasteiger partial charge in [-0.3, -0.25) is 0 Å². The largest absolute Gasteiger partial charge is 0.394 e. The fraction of sp³-hybridized carbons (Fsp3) is 0.962. The molecule has 3 saturated carbocycles. The molecular formula is C52H86O22. The Hall–Kier alpha value is -1.14. The van der Waals surface area contributed by atoms with Gasteiger partial charge in [0.15, 0.2) is 30.9 Å². The first-order valence-corrected chi connectivity index (χ1v) is 27.2. The van der Waals surface area contributed by atoms with Gasteiger partial charge in [-0.25, -0.2) is 0 Å². The molecule has 0 aromatic carbocycles. The molecule has 8 fully saturated rings.